The van der Waals surface area contributed by atoms with Crippen molar-refractivity contribution in [3.8, 4) is 5.75 Å². The molecule has 4 amide bonds. The van der Waals surface area contributed by atoms with Gasteiger partial charge in [-0.25, -0.2) is 4.79 Å². The number of likely N-dealkylation sites (tertiary alicyclic amines) is 1. The van der Waals surface area contributed by atoms with Crippen LogP contribution in [0.3, 0.4) is 0 Å². The van der Waals surface area contributed by atoms with E-state index in [0.29, 0.717) is 24.6 Å². The number of hydrogen-bond donors (Lipinski definition) is 1. The standard InChI is InChI=1S/C19H23F2N3O4/c1-12-4-3-9-23(10-12)15(25)11-24-16(26)19(2,22-18(24)27)13-5-7-14(8-6-13)28-17(20)21/h5-8,12,17H,3-4,9-11H2,1-2H3,(H,22,27)/t12-,19+/m1/s1. The summed E-state index contributed by atoms with van der Waals surface area (Å²) in [6.45, 7) is 1.55. The largest absolute Gasteiger partial charge is 0.435 e. The minimum absolute atomic E-state index is 0.0506. The minimum atomic E-state index is -2.95. The molecule has 7 nitrogen and oxygen atoms in total. The van der Waals surface area contributed by atoms with Gasteiger partial charge >= 0.3 is 12.6 Å². The first-order valence-corrected chi connectivity index (χ1v) is 9.18. The van der Waals surface area contributed by atoms with Crippen molar-refractivity contribution in [1.29, 1.82) is 0 Å². The number of hydrogen-bond acceptors (Lipinski definition) is 4. The Hall–Kier alpha value is -2.71. The fourth-order valence-corrected chi connectivity index (χ4v) is 3.66. The van der Waals surface area contributed by atoms with Gasteiger partial charge in [-0.2, -0.15) is 8.78 Å². The van der Waals surface area contributed by atoms with E-state index < -0.39 is 24.1 Å². The SMILES string of the molecule is C[C@@H]1CCCN(C(=O)CN2C(=O)N[C@@](C)(c3ccc(OC(F)F)cc3)C2=O)C1. The molecule has 0 bridgehead atoms. The molecule has 9 heteroatoms. The van der Waals surface area contributed by atoms with Crippen LogP contribution in [-0.2, 0) is 15.1 Å². The average Bonchev–Trinajstić information content (AvgIpc) is 2.86. The fourth-order valence-electron chi connectivity index (χ4n) is 3.66. The first-order chi connectivity index (χ1) is 13.2. The molecule has 2 aliphatic rings. The average molecular weight is 395 g/mol. The summed E-state index contributed by atoms with van der Waals surface area (Å²) < 4.78 is 28.9. The lowest BCUT2D eigenvalue weighted by atomic mass is 9.92. The third-order valence-electron chi connectivity index (χ3n) is 5.23. The van der Waals surface area contributed by atoms with E-state index in [1.807, 2.05) is 0 Å². The Bertz CT molecular complexity index is 771. The van der Waals surface area contributed by atoms with Crippen LogP contribution < -0.4 is 10.1 Å². The maximum absolute atomic E-state index is 12.9. The van der Waals surface area contributed by atoms with Gasteiger partial charge in [-0.05, 0) is 43.4 Å². The van der Waals surface area contributed by atoms with Crippen LogP contribution in [0.15, 0.2) is 24.3 Å². The molecule has 1 aromatic carbocycles. The molecule has 0 radical (unpaired) electrons. The Labute approximate surface area is 161 Å². The van der Waals surface area contributed by atoms with Crippen LogP contribution in [0.4, 0.5) is 13.6 Å². The molecule has 0 aromatic heterocycles. The second-order valence-electron chi connectivity index (χ2n) is 7.44. The van der Waals surface area contributed by atoms with E-state index >= 15 is 0 Å². The highest BCUT2D eigenvalue weighted by Crippen LogP contribution is 2.30. The van der Waals surface area contributed by atoms with Gasteiger partial charge in [0.1, 0.15) is 17.8 Å². The zero-order valence-corrected chi connectivity index (χ0v) is 15.8. The number of urea groups is 1. The van der Waals surface area contributed by atoms with Gasteiger partial charge in [0.2, 0.25) is 5.91 Å². The van der Waals surface area contributed by atoms with Gasteiger partial charge in [0.05, 0.1) is 0 Å². The molecule has 1 N–H and O–H groups in total. The molecule has 2 atom stereocenters. The first kappa shape index (κ1) is 20.0. The van der Waals surface area contributed by atoms with Crippen LogP contribution in [0.25, 0.3) is 0 Å². The van der Waals surface area contributed by atoms with Gasteiger partial charge in [-0.15, -0.1) is 0 Å². The minimum Gasteiger partial charge on any atom is -0.435 e. The van der Waals surface area contributed by atoms with Crippen LogP contribution in [-0.4, -0.2) is 53.9 Å². The highest BCUT2D eigenvalue weighted by atomic mass is 19.3. The second-order valence-corrected chi connectivity index (χ2v) is 7.44. The molecule has 2 saturated heterocycles. The summed E-state index contributed by atoms with van der Waals surface area (Å²) >= 11 is 0. The number of rotatable bonds is 5. The number of ether oxygens (including phenoxy) is 1. The normalized spacial score (nSPS) is 25.2. The second kappa shape index (κ2) is 7.73. The lowest BCUT2D eigenvalue weighted by Crippen LogP contribution is -2.47. The Morgan fingerprint density at radius 2 is 2.00 bits per heavy atom. The Balaban J connectivity index is 1.72. The monoisotopic (exact) mass is 395 g/mol. The van der Waals surface area contributed by atoms with E-state index in [1.165, 1.54) is 31.2 Å². The zero-order chi connectivity index (χ0) is 20.5. The number of carbonyl (C=O) groups is 3. The fraction of sp³-hybridized carbons (Fsp3) is 0.526. The maximum Gasteiger partial charge on any atom is 0.387 e. The highest BCUT2D eigenvalue weighted by molar-refractivity contribution is 6.09. The van der Waals surface area contributed by atoms with E-state index in [9.17, 15) is 23.2 Å². The van der Waals surface area contributed by atoms with E-state index in [2.05, 4.69) is 17.0 Å². The van der Waals surface area contributed by atoms with Crippen molar-refractivity contribution in [3.63, 3.8) is 0 Å². The quantitative estimate of drug-likeness (QED) is 0.776. The molecule has 152 valence electrons. The van der Waals surface area contributed by atoms with Crippen molar-refractivity contribution in [2.45, 2.75) is 38.8 Å². The molecule has 0 spiro atoms. The van der Waals surface area contributed by atoms with Crippen molar-refractivity contribution in [1.82, 2.24) is 15.1 Å². The van der Waals surface area contributed by atoms with Crippen molar-refractivity contribution in [3.05, 3.63) is 29.8 Å². The van der Waals surface area contributed by atoms with Gasteiger partial charge in [0.25, 0.3) is 5.91 Å². The van der Waals surface area contributed by atoms with Crippen molar-refractivity contribution in [2.24, 2.45) is 5.92 Å². The summed E-state index contributed by atoms with van der Waals surface area (Å²) in [5.41, 5.74) is -0.968. The van der Waals surface area contributed by atoms with Crippen molar-refractivity contribution in [2.75, 3.05) is 19.6 Å². The molecule has 1 aromatic rings. The molecule has 3 rings (SSSR count). The summed E-state index contributed by atoms with van der Waals surface area (Å²) in [6, 6.07) is 4.82. The number of halogens is 2. The number of amides is 4. The lowest BCUT2D eigenvalue weighted by molar-refractivity contribution is -0.139. The predicted octanol–water partition coefficient (Wildman–Crippen LogP) is 2.31. The first-order valence-electron chi connectivity index (χ1n) is 9.18. The summed E-state index contributed by atoms with van der Waals surface area (Å²) in [6.07, 6.45) is 1.95. The number of benzene rings is 1. The summed E-state index contributed by atoms with van der Waals surface area (Å²) in [7, 11) is 0. The molecule has 0 unspecified atom stereocenters. The molecule has 28 heavy (non-hydrogen) atoms. The highest BCUT2D eigenvalue weighted by Gasteiger charge is 2.49. The number of carbonyl (C=O) groups excluding carboxylic acids is 3. The van der Waals surface area contributed by atoms with Gasteiger partial charge in [0, 0.05) is 13.1 Å². The maximum atomic E-state index is 12.9. The third-order valence-corrected chi connectivity index (χ3v) is 5.23. The molecule has 0 saturated carbocycles. The lowest BCUT2D eigenvalue weighted by Gasteiger charge is -2.31. The van der Waals surface area contributed by atoms with Crippen molar-refractivity contribution >= 4 is 17.8 Å². The van der Waals surface area contributed by atoms with Crippen LogP contribution in [0.2, 0.25) is 0 Å². The van der Waals surface area contributed by atoms with Crippen LogP contribution in [0, 0.1) is 5.92 Å². The van der Waals surface area contributed by atoms with Crippen LogP contribution >= 0.6 is 0 Å². The van der Waals surface area contributed by atoms with Crippen molar-refractivity contribution < 1.29 is 27.9 Å². The predicted molar refractivity (Wildman–Crippen MR) is 95.6 cm³/mol. The number of imide groups is 1. The van der Waals surface area contributed by atoms with E-state index in [-0.39, 0.29) is 18.2 Å². The number of nitrogens with zero attached hydrogens (tertiary/aromatic N) is 2. The van der Waals surface area contributed by atoms with E-state index in [4.69, 9.17) is 0 Å². The Kier molecular flexibility index (Phi) is 5.53. The summed E-state index contributed by atoms with van der Waals surface area (Å²) in [5, 5.41) is 2.60. The van der Waals surface area contributed by atoms with Gasteiger partial charge < -0.3 is 15.0 Å². The molecule has 2 heterocycles. The number of nitrogens with one attached hydrogen (secondary N) is 1. The van der Waals surface area contributed by atoms with Gasteiger partial charge in [-0.1, -0.05) is 19.1 Å². The number of piperidine rings is 1. The topological polar surface area (TPSA) is 79.0 Å². The third kappa shape index (κ3) is 3.93. The summed E-state index contributed by atoms with van der Waals surface area (Å²) in [5.74, 6) is -0.483. The van der Waals surface area contributed by atoms with Gasteiger partial charge in [0.15, 0.2) is 0 Å². The van der Waals surface area contributed by atoms with Crippen LogP contribution in [0.1, 0.15) is 32.3 Å². The Morgan fingerprint density at radius 3 is 2.61 bits per heavy atom. The molecular formula is C19H23F2N3O4. The molecule has 0 aliphatic carbocycles. The smallest absolute Gasteiger partial charge is 0.387 e. The molecule has 2 fully saturated rings. The number of alkyl halides is 2. The van der Waals surface area contributed by atoms with E-state index in [0.717, 1.165) is 17.7 Å². The van der Waals surface area contributed by atoms with E-state index in [1.54, 1.807) is 4.90 Å². The van der Waals surface area contributed by atoms with Gasteiger partial charge in [-0.3, -0.25) is 14.5 Å². The van der Waals surface area contributed by atoms with Crippen LogP contribution in [0.5, 0.6) is 5.75 Å². The summed E-state index contributed by atoms with van der Waals surface area (Å²) in [4.78, 5) is 40.4. The molecular weight excluding hydrogens is 372 g/mol. The Morgan fingerprint density at radius 1 is 1.32 bits per heavy atom. The zero-order valence-electron chi connectivity index (χ0n) is 15.8. The molecule has 2 aliphatic heterocycles.